The summed E-state index contributed by atoms with van der Waals surface area (Å²) in [5, 5.41) is 2.89. The maximum absolute atomic E-state index is 13.4. The normalized spacial score (nSPS) is 19.7. The van der Waals surface area contributed by atoms with Crippen molar-refractivity contribution in [3.8, 4) is 12.3 Å². The summed E-state index contributed by atoms with van der Waals surface area (Å²) in [5.74, 6) is 2.84. The fourth-order valence-electron chi connectivity index (χ4n) is 3.84. The van der Waals surface area contributed by atoms with Crippen molar-refractivity contribution in [1.29, 1.82) is 0 Å². The molecule has 1 aromatic carbocycles. The molecule has 1 N–H and O–H groups in total. The molecule has 1 saturated heterocycles. The number of carbonyl (C=O) groups is 1. The van der Waals surface area contributed by atoms with Gasteiger partial charge in [0.05, 0.1) is 23.4 Å². The van der Waals surface area contributed by atoms with Crippen LogP contribution in [0.2, 0.25) is 0 Å². The highest BCUT2D eigenvalue weighted by Crippen LogP contribution is 2.38. The Morgan fingerprint density at radius 3 is 2.42 bits per heavy atom. The zero-order valence-electron chi connectivity index (χ0n) is 17.7. The first kappa shape index (κ1) is 24.6. The van der Waals surface area contributed by atoms with Gasteiger partial charge in [-0.2, -0.15) is 31.3 Å². The van der Waals surface area contributed by atoms with Gasteiger partial charge >= 0.3 is 18.4 Å². The number of benzene rings is 1. The molecule has 11 heteroatoms. The summed E-state index contributed by atoms with van der Waals surface area (Å²) in [6.45, 7) is 0.999. The Hall–Kier alpha value is -3.00. The van der Waals surface area contributed by atoms with Crippen LogP contribution >= 0.6 is 0 Å². The highest BCUT2D eigenvalue weighted by atomic mass is 19.4. The summed E-state index contributed by atoms with van der Waals surface area (Å²) in [6, 6.07) is 1.32. The third kappa shape index (κ3) is 5.87. The zero-order valence-corrected chi connectivity index (χ0v) is 17.7. The minimum absolute atomic E-state index is 0.0529. The molecule has 0 radical (unpaired) electrons. The van der Waals surface area contributed by atoms with E-state index in [0.29, 0.717) is 43.5 Å². The number of piperidine rings is 1. The average molecular weight is 472 g/mol. The van der Waals surface area contributed by atoms with Crippen molar-refractivity contribution in [1.82, 2.24) is 15.1 Å². The number of hydrogen-bond acceptors (Lipinski definition) is 3. The van der Waals surface area contributed by atoms with Gasteiger partial charge in [0.25, 0.3) is 0 Å². The molecular weight excluding hydrogens is 450 g/mol. The van der Waals surface area contributed by atoms with E-state index in [-0.39, 0.29) is 30.6 Å². The van der Waals surface area contributed by atoms with Crippen LogP contribution in [0.5, 0.6) is 0 Å². The van der Waals surface area contributed by atoms with Crippen LogP contribution in [0.15, 0.2) is 35.0 Å². The van der Waals surface area contributed by atoms with Gasteiger partial charge in [-0.3, -0.25) is 9.80 Å². The van der Waals surface area contributed by atoms with Crippen molar-refractivity contribution in [2.75, 3.05) is 26.7 Å². The third-order valence-electron chi connectivity index (χ3n) is 5.62. The van der Waals surface area contributed by atoms with Crippen LogP contribution in [0.3, 0.4) is 0 Å². The van der Waals surface area contributed by atoms with E-state index in [2.05, 4.69) is 16.2 Å². The maximum Gasteiger partial charge on any atom is 0.416 e. The Balaban J connectivity index is 1.69. The fraction of sp³-hybridized carbons (Fsp3) is 0.455. The Bertz CT molecular complexity index is 998. The largest absolute Gasteiger partial charge is 0.416 e. The van der Waals surface area contributed by atoms with E-state index in [4.69, 9.17) is 6.42 Å². The van der Waals surface area contributed by atoms with Crippen LogP contribution in [0.4, 0.5) is 31.1 Å². The first-order valence-corrected chi connectivity index (χ1v) is 10.2. The van der Waals surface area contributed by atoms with Crippen molar-refractivity contribution in [3.05, 3.63) is 46.7 Å². The van der Waals surface area contributed by atoms with Gasteiger partial charge in [-0.25, -0.2) is 4.79 Å². The lowest BCUT2D eigenvalue weighted by atomic mass is 9.94. The van der Waals surface area contributed by atoms with E-state index in [1.807, 2.05) is 6.08 Å². The molecule has 5 nitrogen and oxygen atoms in total. The van der Waals surface area contributed by atoms with Crippen LogP contribution in [0.1, 0.15) is 29.5 Å². The molecule has 178 valence electrons. The molecule has 1 fully saturated rings. The molecular formula is C22H22F6N4O. The lowest BCUT2D eigenvalue weighted by molar-refractivity contribution is -0.143. The van der Waals surface area contributed by atoms with Crippen molar-refractivity contribution in [2.24, 2.45) is 10.9 Å². The van der Waals surface area contributed by atoms with Crippen LogP contribution in [-0.4, -0.2) is 48.3 Å². The van der Waals surface area contributed by atoms with Gasteiger partial charge in [-0.15, -0.1) is 6.42 Å². The molecule has 0 aliphatic carbocycles. The van der Waals surface area contributed by atoms with Gasteiger partial charge < -0.3 is 5.32 Å². The fourth-order valence-corrected chi connectivity index (χ4v) is 3.84. The van der Waals surface area contributed by atoms with Gasteiger partial charge in [0.15, 0.2) is 5.84 Å². The first-order valence-electron chi connectivity index (χ1n) is 10.2. The molecule has 0 aromatic heterocycles. The minimum Gasteiger partial charge on any atom is -0.357 e. The first-order chi connectivity index (χ1) is 15.4. The molecule has 0 atom stereocenters. The van der Waals surface area contributed by atoms with Crippen molar-refractivity contribution >= 4 is 11.9 Å². The number of nitrogens with zero attached hydrogens (tertiary/aromatic N) is 3. The molecule has 1 aromatic rings. The number of allylic oxidation sites excluding steroid dienone is 1. The monoisotopic (exact) mass is 472 g/mol. The van der Waals surface area contributed by atoms with Gasteiger partial charge in [0.2, 0.25) is 0 Å². The molecule has 3 rings (SSSR count). The summed E-state index contributed by atoms with van der Waals surface area (Å²) >= 11 is 0. The minimum atomic E-state index is -4.89. The number of likely N-dealkylation sites (N-methyl/N-ethyl adjacent to an activating group) is 1. The standard InChI is InChI=1S/C22H22F6N4O/c1-3-8-29-19-18(31(2)20(33)30-19)11-14-6-9-32(10-7-14)13-15-4-5-16(21(23,24)25)12-17(15)22(26,27)28/h1,4-5,11-12,14H,6-10,13H2,2H3,(H,29,30,33)/b18-11+. The zero-order chi connectivity index (χ0) is 24.4. The molecule has 2 amide bonds. The van der Waals surface area contributed by atoms with Crippen molar-refractivity contribution in [3.63, 3.8) is 0 Å². The second kappa shape index (κ2) is 9.47. The Morgan fingerprint density at radius 2 is 1.85 bits per heavy atom. The summed E-state index contributed by atoms with van der Waals surface area (Å²) in [5.41, 5.74) is -2.19. The smallest absolute Gasteiger partial charge is 0.357 e. The number of terminal acetylenes is 1. The Kier molecular flexibility index (Phi) is 7.07. The number of carbonyl (C=O) groups excluding carboxylic acids is 1. The van der Waals surface area contributed by atoms with Gasteiger partial charge in [-0.1, -0.05) is 18.1 Å². The van der Waals surface area contributed by atoms with E-state index in [1.165, 1.54) is 4.90 Å². The Labute approximate surface area is 187 Å². The number of nitrogens with one attached hydrogen (secondary N) is 1. The van der Waals surface area contributed by atoms with Crippen LogP contribution in [0.25, 0.3) is 0 Å². The number of hydrogen-bond donors (Lipinski definition) is 1. The van der Waals surface area contributed by atoms with Crippen molar-refractivity contribution in [2.45, 2.75) is 31.7 Å². The highest BCUT2D eigenvalue weighted by Gasteiger charge is 2.38. The maximum atomic E-state index is 13.4. The molecule has 0 unspecified atom stereocenters. The van der Waals surface area contributed by atoms with Crippen LogP contribution in [0, 0.1) is 18.3 Å². The van der Waals surface area contributed by atoms with Crippen LogP contribution < -0.4 is 5.32 Å². The topological polar surface area (TPSA) is 47.9 Å². The van der Waals surface area contributed by atoms with Gasteiger partial charge in [-0.05, 0) is 49.5 Å². The van der Waals surface area contributed by atoms with E-state index in [0.717, 1.165) is 6.07 Å². The molecule has 0 spiro atoms. The number of urea groups is 1. The lowest BCUT2D eigenvalue weighted by Gasteiger charge is -2.32. The summed E-state index contributed by atoms with van der Waals surface area (Å²) < 4.78 is 78.8. The van der Waals surface area contributed by atoms with Crippen molar-refractivity contribution < 1.29 is 31.1 Å². The summed E-state index contributed by atoms with van der Waals surface area (Å²) in [6.07, 6.45) is -1.40. The second-order valence-electron chi connectivity index (χ2n) is 7.89. The molecule has 2 aliphatic rings. The number of aliphatic imine (C=N–C) groups is 1. The number of likely N-dealkylation sites (tertiary alicyclic amines) is 1. The SMILES string of the molecule is C#CCNC1=NC(=O)N(C)/C1=C/C1CCN(Cc2ccc(C(F)(F)F)cc2C(F)(F)F)CC1. The number of amidine groups is 1. The summed E-state index contributed by atoms with van der Waals surface area (Å²) in [4.78, 5) is 19.0. The number of rotatable bonds is 4. The molecule has 2 aliphatic heterocycles. The summed E-state index contributed by atoms with van der Waals surface area (Å²) in [7, 11) is 1.58. The van der Waals surface area contributed by atoms with E-state index in [1.54, 1.807) is 11.9 Å². The molecule has 0 bridgehead atoms. The van der Waals surface area contributed by atoms with Gasteiger partial charge in [0.1, 0.15) is 0 Å². The quantitative estimate of drug-likeness (QED) is 0.519. The van der Waals surface area contributed by atoms with E-state index >= 15 is 0 Å². The molecule has 33 heavy (non-hydrogen) atoms. The molecule has 2 heterocycles. The van der Waals surface area contributed by atoms with E-state index in [9.17, 15) is 31.1 Å². The molecule has 0 saturated carbocycles. The Morgan fingerprint density at radius 1 is 1.18 bits per heavy atom. The van der Waals surface area contributed by atoms with Gasteiger partial charge in [0, 0.05) is 13.6 Å². The van der Waals surface area contributed by atoms with E-state index < -0.39 is 29.5 Å². The number of halogens is 6. The predicted molar refractivity (Wildman–Crippen MR) is 110 cm³/mol. The lowest BCUT2D eigenvalue weighted by Crippen LogP contribution is -2.34. The van der Waals surface area contributed by atoms with Crippen LogP contribution in [-0.2, 0) is 18.9 Å². The third-order valence-corrected chi connectivity index (χ3v) is 5.62. The second-order valence-corrected chi connectivity index (χ2v) is 7.89. The highest BCUT2D eigenvalue weighted by molar-refractivity contribution is 6.11. The predicted octanol–water partition coefficient (Wildman–Crippen LogP) is 4.51. The number of amides is 2. The number of alkyl halides is 6. The average Bonchev–Trinajstić information content (AvgIpc) is 3.00.